The molecular formula is C16H29N3O2. The van der Waals surface area contributed by atoms with E-state index in [-0.39, 0.29) is 6.10 Å². The SMILES string of the molecule is CCC(CC)C(O)CNc1ccc(N)c(OCC(C)C)n1. The molecule has 0 fully saturated rings. The number of nitrogen functional groups attached to an aromatic ring is 1. The Hall–Kier alpha value is -1.49. The highest BCUT2D eigenvalue weighted by molar-refractivity contribution is 5.53. The summed E-state index contributed by atoms with van der Waals surface area (Å²) in [6.07, 6.45) is 1.56. The number of nitrogens with one attached hydrogen (secondary N) is 1. The molecule has 0 bridgehead atoms. The fourth-order valence-electron chi connectivity index (χ4n) is 2.12. The molecule has 0 radical (unpaired) electrons. The van der Waals surface area contributed by atoms with Gasteiger partial charge in [-0.2, -0.15) is 4.98 Å². The van der Waals surface area contributed by atoms with Gasteiger partial charge >= 0.3 is 0 Å². The van der Waals surface area contributed by atoms with Gasteiger partial charge in [-0.1, -0.05) is 40.5 Å². The number of rotatable bonds is 9. The molecule has 0 amide bonds. The van der Waals surface area contributed by atoms with E-state index in [9.17, 15) is 5.11 Å². The molecule has 120 valence electrons. The van der Waals surface area contributed by atoms with E-state index in [1.54, 1.807) is 12.1 Å². The molecule has 0 saturated heterocycles. The van der Waals surface area contributed by atoms with E-state index in [0.717, 1.165) is 12.8 Å². The standard InChI is InChI=1S/C16H29N3O2/c1-5-12(6-2)14(20)9-18-15-8-7-13(17)16(19-15)21-10-11(3)4/h7-8,11-12,14,20H,5-6,9-10,17H2,1-4H3,(H,18,19). The highest BCUT2D eigenvalue weighted by atomic mass is 16.5. The highest BCUT2D eigenvalue weighted by Crippen LogP contribution is 2.22. The molecule has 1 unspecified atom stereocenters. The van der Waals surface area contributed by atoms with Crippen molar-refractivity contribution in [1.29, 1.82) is 0 Å². The van der Waals surface area contributed by atoms with Crippen molar-refractivity contribution in [2.24, 2.45) is 11.8 Å². The van der Waals surface area contributed by atoms with Crippen molar-refractivity contribution in [2.45, 2.75) is 46.6 Å². The third-order valence-corrected chi connectivity index (χ3v) is 3.53. The number of aromatic nitrogens is 1. The second-order valence-electron chi connectivity index (χ2n) is 5.82. The summed E-state index contributed by atoms with van der Waals surface area (Å²) in [5.41, 5.74) is 6.39. The van der Waals surface area contributed by atoms with Crippen LogP contribution in [0.1, 0.15) is 40.5 Å². The first-order valence-electron chi connectivity index (χ1n) is 7.79. The van der Waals surface area contributed by atoms with Gasteiger partial charge in [-0.15, -0.1) is 0 Å². The Morgan fingerprint density at radius 2 is 1.95 bits per heavy atom. The van der Waals surface area contributed by atoms with Crippen LogP contribution in [-0.4, -0.2) is 29.3 Å². The van der Waals surface area contributed by atoms with Crippen LogP contribution < -0.4 is 15.8 Å². The highest BCUT2D eigenvalue weighted by Gasteiger charge is 2.15. The van der Waals surface area contributed by atoms with E-state index >= 15 is 0 Å². The molecule has 0 aliphatic carbocycles. The largest absolute Gasteiger partial charge is 0.476 e. The van der Waals surface area contributed by atoms with Crippen molar-refractivity contribution in [3.8, 4) is 5.88 Å². The zero-order valence-corrected chi connectivity index (χ0v) is 13.6. The Labute approximate surface area is 127 Å². The Bertz CT molecular complexity index is 420. The minimum Gasteiger partial charge on any atom is -0.476 e. The maximum absolute atomic E-state index is 10.1. The maximum Gasteiger partial charge on any atom is 0.239 e. The molecule has 21 heavy (non-hydrogen) atoms. The summed E-state index contributed by atoms with van der Waals surface area (Å²) >= 11 is 0. The van der Waals surface area contributed by atoms with Crippen LogP contribution in [0.25, 0.3) is 0 Å². The van der Waals surface area contributed by atoms with Crippen LogP contribution in [0.5, 0.6) is 5.88 Å². The van der Waals surface area contributed by atoms with Crippen molar-refractivity contribution < 1.29 is 9.84 Å². The lowest BCUT2D eigenvalue weighted by Crippen LogP contribution is -2.28. The molecule has 0 aromatic carbocycles. The molecule has 0 spiro atoms. The molecule has 5 nitrogen and oxygen atoms in total. The number of pyridine rings is 1. The van der Waals surface area contributed by atoms with E-state index < -0.39 is 0 Å². The lowest BCUT2D eigenvalue weighted by molar-refractivity contribution is 0.114. The molecule has 0 aliphatic heterocycles. The number of aliphatic hydroxyl groups excluding tert-OH is 1. The van der Waals surface area contributed by atoms with Crippen LogP contribution in [0.2, 0.25) is 0 Å². The minimum atomic E-state index is -0.376. The summed E-state index contributed by atoms with van der Waals surface area (Å²) in [5, 5.41) is 13.3. The smallest absolute Gasteiger partial charge is 0.239 e. The zero-order chi connectivity index (χ0) is 15.8. The molecule has 5 heteroatoms. The number of aliphatic hydroxyl groups is 1. The van der Waals surface area contributed by atoms with Gasteiger partial charge in [-0.25, -0.2) is 0 Å². The first-order chi connectivity index (χ1) is 9.97. The first-order valence-corrected chi connectivity index (χ1v) is 7.79. The average Bonchev–Trinajstić information content (AvgIpc) is 2.46. The summed E-state index contributed by atoms with van der Waals surface area (Å²) in [4.78, 5) is 4.36. The fraction of sp³-hybridized carbons (Fsp3) is 0.688. The van der Waals surface area contributed by atoms with Gasteiger partial charge in [-0.05, 0) is 24.0 Å². The van der Waals surface area contributed by atoms with Gasteiger partial charge in [0, 0.05) is 6.54 Å². The van der Waals surface area contributed by atoms with Gasteiger partial charge in [0.2, 0.25) is 5.88 Å². The first kappa shape index (κ1) is 17.6. The Balaban J connectivity index is 2.61. The number of hydrogen-bond donors (Lipinski definition) is 3. The number of hydrogen-bond acceptors (Lipinski definition) is 5. The quantitative estimate of drug-likeness (QED) is 0.652. The summed E-state index contributed by atoms with van der Waals surface area (Å²) in [7, 11) is 0. The van der Waals surface area contributed by atoms with Gasteiger partial charge in [0.15, 0.2) is 0 Å². The molecule has 0 aliphatic rings. The number of nitrogens with zero attached hydrogens (tertiary/aromatic N) is 1. The van der Waals surface area contributed by atoms with Gasteiger partial charge in [0.1, 0.15) is 5.82 Å². The molecule has 1 rings (SSSR count). The summed E-state index contributed by atoms with van der Waals surface area (Å²) in [6, 6.07) is 3.58. The van der Waals surface area contributed by atoms with Crippen LogP contribution in [0, 0.1) is 11.8 Å². The molecule has 4 N–H and O–H groups in total. The Morgan fingerprint density at radius 3 is 2.52 bits per heavy atom. The molecule has 1 aromatic heterocycles. The van der Waals surface area contributed by atoms with Crippen LogP contribution in [0.3, 0.4) is 0 Å². The van der Waals surface area contributed by atoms with Gasteiger partial charge in [-0.3, -0.25) is 0 Å². The van der Waals surface area contributed by atoms with E-state index in [2.05, 4.69) is 38.0 Å². The monoisotopic (exact) mass is 295 g/mol. The van der Waals surface area contributed by atoms with E-state index in [0.29, 0.717) is 42.4 Å². The van der Waals surface area contributed by atoms with Gasteiger partial charge in [0.25, 0.3) is 0 Å². The normalized spacial score (nSPS) is 12.7. The molecule has 1 aromatic rings. The third kappa shape index (κ3) is 5.79. The molecule has 0 saturated carbocycles. The topological polar surface area (TPSA) is 80.4 Å². The average molecular weight is 295 g/mol. The second kappa shape index (κ2) is 8.72. The Morgan fingerprint density at radius 1 is 1.29 bits per heavy atom. The van der Waals surface area contributed by atoms with Crippen molar-refractivity contribution in [2.75, 3.05) is 24.2 Å². The second-order valence-corrected chi connectivity index (χ2v) is 5.82. The van der Waals surface area contributed by atoms with Crippen molar-refractivity contribution in [1.82, 2.24) is 4.98 Å². The van der Waals surface area contributed by atoms with Crippen LogP contribution >= 0.6 is 0 Å². The lowest BCUT2D eigenvalue weighted by Gasteiger charge is -2.20. The fourth-order valence-corrected chi connectivity index (χ4v) is 2.12. The molecular weight excluding hydrogens is 266 g/mol. The van der Waals surface area contributed by atoms with Crippen LogP contribution in [0.4, 0.5) is 11.5 Å². The van der Waals surface area contributed by atoms with E-state index in [1.807, 2.05) is 0 Å². The minimum absolute atomic E-state index is 0.308. The Kier molecular flexibility index (Phi) is 7.29. The number of nitrogens with two attached hydrogens (primary N) is 1. The molecule has 1 atom stereocenters. The number of anilines is 2. The predicted octanol–water partition coefficient (Wildman–Crippen LogP) is 2.91. The van der Waals surface area contributed by atoms with Crippen LogP contribution in [0.15, 0.2) is 12.1 Å². The van der Waals surface area contributed by atoms with E-state index in [4.69, 9.17) is 10.5 Å². The van der Waals surface area contributed by atoms with Crippen molar-refractivity contribution in [3.05, 3.63) is 12.1 Å². The number of ether oxygens (including phenoxy) is 1. The predicted molar refractivity (Wildman–Crippen MR) is 87.6 cm³/mol. The zero-order valence-electron chi connectivity index (χ0n) is 13.6. The van der Waals surface area contributed by atoms with Crippen molar-refractivity contribution >= 4 is 11.5 Å². The summed E-state index contributed by atoms with van der Waals surface area (Å²) < 4.78 is 5.60. The van der Waals surface area contributed by atoms with Crippen LogP contribution in [-0.2, 0) is 0 Å². The molecule has 1 heterocycles. The van der Waals surface area contributed by atoms with Crippen molar-refractivity contribution in [3.63, 3.8) is 0 Å². The lowest BCUT2D eigenvalue weighted by atomic mass is 9.97. The summed E-state index contributed by atoms with van der Waals surface area (Å²) in [6.45, 7) is 9.39. The maximum atomic E-state index is 10.1. The van der Waals surface area contributed by atoms with Gasteiger partial charge < -0.3 is 20.9 Å². The van der Waals surface area contributed by atoms with E-state index in [1.165, 1.54) is 0 Å². The van der Waals surface area contributed by atoms with Gasteiger partial charge in [0.05, 0.1) is 18.4 Å². The summed E-state index contributed by atoms with van der Waals surface area (Å²) in [5.74, 6) is 1.85. The third-order valence-electron chi connectivity index (χ3n) is 3.53.